The van der Waals surface area contributed by atoms with Crippen LogP contribution in [0.3, 0.4) is 0 Å². The van der Waals surface area contributed by atoms with Crippen LogP contribution in [0.15, 0.2) is 200 Å². The van der Waals surface area contributed by atoms with E-state index >= 15 is 0 Å². The van der Waals surface area contributed by atoms with Gasteiger partial charge < -0.3 is 0 Å². The predicted molar refractivity (Wildman–Crippen MR) is 224 cm³/mol. The Morgan fingerprint density at radius 2 is 0.423 bits per heavy atom. The Hall–Kier alpha value is -4.68. The average Bonchev–Trinajstić information content (AvgIpc) is 4.03. The van der Waals surface area contributed by atoms with Crippen molar-refractivity contribution in [1.29, 1.82) is 0 Å². The van der Waals surface area contributed by atoms with E-state index in [9.17, 15) is 0 Å². The minimum absolute atomic E-state index is 0.139. The van der Waals surface area contributed by atoms with Crippen molar-refractivity contribution in [2.75, 3.05) is 0 Å². The van der Waals surface area contributed by atoms with Crippen LogP contribution in [0.4, 0.5) is 0 Å². The Labute approximate surface area is 324 Å². The molecule has 0 aliphatic rings. The first-order valence-corrected chi connectivity index (χ1v) is 22.7. The Bertz CT molecular complexity index is 2230. The molecule has 9 rings (SSSR count). The maximum atomic E-state index is 2.36. The van der Waals surface area contributed by atoms with Gasteiger partial charge in [-0.25, -0.2) is 0 Å². The molecule has 0 nitrogen and oxygen atoms in total. The number of benzene rings is 6. The van der Waals surface area contributed by atoms with Crippen LogP contribution in [0, 0.1) is 0 Å². The summed E-state index contributed by atoms with van der Waals surface area (Å²) in [6.45, 7) is 0. The van der Waals surface area contributed by atoms with Crippen molar-refractivity contribution >= 4 is 43.5 Å². The second-order valence-corrected chi connectivity index (χ2v) is 19.7. The quantitative estimate of drug-likeness (QED) is 0.100. The SMILES string of the molecule is c1ccc(-c2ccc(-c3ccc(C(c4ccc(-c5ccc(-c6ccccc6)[se]5)cc4)c4ccc(-c5ccc(-c6ccccc6)[se]5)cc4)cc3)[se]2)cc1. The summed E-state index contributed by atoms with van der Waals surface area (Å²) >= 11 is 0.891. The van der Waals surface area contributed by atoms with E-state index in [1.165, 1.54) is 76.7 Å². The summed E-state index contributed by atoms with van der Waals surface area (Å²) in [6.07, 6.45) is 0. The molecule has 6 aromatic carbocycles. The third-order valence-electron chi connectivity index (χ3n) is 9.58. The molecular weight excluding hydrogens is 825 g/mol. The normalized spacial score (nSPS) is 11.2. The Morgan fingerprint density at radius 3 is 0.654 bits per heavy atom. The van der Waals surface area contributed by atoms with Crippen LogP contribution in [-0.4, -0.2) is 43.5 Å². The van der Waals surface area contributed by atoms with Crippen LogP contribution in [-0.2, 0) is 0 Å². The number of hydrogen-bond donors (Lipinski definition) is 0. The molecule has 0 aliphatic carbocycles. The first-order chi connectivity index (χ1) is 25.7. The van der Waals surface area contributed by atoms with Crippen LogP contribution in [0.1, 0.15) is 22.6 Å². The molecule has 248 valence electrons. The van der Waals surface area contributed by atoms with E-state index in [2.05, 4.69) is 200 Å². The van der Waals surface area contributed by atoms with Crippen molar-refractivity contribution in [2.45, 2.75) is 5.92 Å². The summed E-state index contributed by atoms with van der Waals surface area (Å²) in [5.41, 5.74) is 11.9. The first-order valence-electron chi connectivity index (χ1n) is 17.5. The Morgan fingerprint density at radius 1 is 0.212 bits per heavy atom. The van der Waals surface area contributed by atoms with Crippen LogP contribution >= 0.6 is 0 Å². The van der Waals surface area contributed by atoms with Crippen LogP contribution in [0.2, 0.25) is 0 Å². The molecule has 52 heavy (non-hydrogen) atoms. The molecule has 0 bridgehead atoms. The van der Waals surface area contributed by atoms with Gasteiger partial charge in [-0.2, -0.15) is 0 Å². The van der Waals surface area contributed by atoms with Gasteiger partial charge in [0, 0.05) is 0 Å². The van der Waals surface area contributed by atoms with Crippen LogP contribution in [0.25, 0.3) is 60.0 Å². The molecule has 0 atom stereocenters. The van der Waals surface area contributed by atoms with Gasteiger partial charge in [0.15, 0.2) is 0 Å². The second-order valence-electron chi connectivity index (χ2n) is 12.9. The second kappa shape index (κ2) is 15.1. The van der Waals surface area contributed by atoms with Gasteiger partial charge in [-0.3, -0.25) is 0 Å². The summed E-state index contributed by atoms with van der Waals surface area (Å²) in [4.78, 5) is 0. The zero-order chi connectivity index (χ0) is 34.7. The van der Waals surface area contributed by atoms with Crippen molar-refractivity contribution < 1.29 is 0 Å². The fraction of sp³-hybridized carbons (Fsp3) is 0.0204. The first kappa shape index (κ1) is 33.2. The molecule has 0 unspecified atom stereocenters. The molecule has 0 N–H and O–H groups in total. The van der Waals surface area contributed by atoms with Gasteiger partial charge in [0.05, 0.1) is 0 Å². The van der Waals surface area contributed by atoms with Crippen molar-refractivity contribution in [3.8, 4) is 60.0 Å². The van der Waals surface area contributed by atoms with E-state index < -0.39 is 0 Å². The molecular formula is C49H34Se3. The molecule has 3 aromatic heterocycles. The van der Waals surface area contributed by atoms with E-state index in [0.717, 1.165) is 0 Å². The summed E-state index contributed by atoms with van der Waals surface area (Å²) < 4.78 is 8.65. The zero-order valence-electron chi connectivity index (χ0n) is 28.4. The summed E-state index contributed by atoms with van der Waals surface area (Å²) in [5.74, 6) is 0.139. The fourth-order valence-corrected chi connectivity index (χ4v) is 13.2. The van der Waals surface area contributed by atoms with Gasteiger partial charge in [0.1, 0.15) is 0 Å². The van der Waals surface area contributed by atoms with E-state index in [0.29, 0.717) is 43.5 Å². The number of rotatable bonds is 9. The molecule has 0 saturated carbocycles. The molecule has 3 heterocycles. The van der Waals surface area contributed by atoms with Crippen molar-refractivity contribution in [3.63, 3.8) is 0 Å². The molecule has 0 amide bonds. The van der Waals surface area contributed by atoms with Gasteiger partial charge in [0.2, 0.25) is 0 Å². The van der Waals surface area contributed by atoms with Gasteiger partial charge in [-0.15, -0.1) is 0 Å². The predicted octanol–water partition coefficient (Wildman–Crippen LogP) is 12.0. The van der Waals surface area contributed by atoms with Gasteiger partial charge in [-0.1, -0.05) is 0 Å². The van der Waals surface area contributed by atoms with Gasteiger partial charge >= 0.3 is 326 Å². The van der Waals surface area contributed by atoms with Crippen LogP contribution in [0.5, 0.6) is 0 Å². The van der Waals surface area contributed by atoms with E-state index in [-0.39, 0.29) is 5.92 Å². The average molecular weight is 860 g/mol. The zero-order valence-corrected chi connectivity index (χ0v) is 33.5. The van der Waals surface area contributed by atoms with Gasteiger partial charge in [-0.05, 0) is 0 Å². The third kappa shape index (κ3) is 7.06. The minimum atomic E-state index is 0.139. The van der Waals surface area contributed by atoms with Crippen molar-refractivity contribution in [1.82, 2.24) is 0 Å². The van der Waals surface area contributed by atoms with E-state index in [4.69, 9.17) is 0 Å². The third-order valence-corrected chi connectivity index (χ3v) is 17.0. The molecule has 0 spiro atoms. The fourth-order valence-electron chi connectivity index (χ4n) is 6.85. The monoisotopic (exact) mass is 862 g/mol. The molecule has 9 aromatic rings. The Balaban J connectivity index is 1.04. The molecule has 0 radical (unpaired) electrons. The van der Waals surface area contributed by atoms with Crippen LogP contribution < -0.4 is 0 Å². The summed E-state index contributed by atoms with van der Waals surface area (Å²) in [6, 6.07) is 74.5. The van der Waals surface area contributed by atoms with E-state index in [1.54, 1.807) is 0 Å². The summed E-state index contributed by atoms with van der Waals surface area (Å²) in [7, 11) is 0. The summed E-state index contributed by atoms with van der Waals surface area (Å²) in [5, 5.41) is 0. The van der Waals surface area contributed by atoms with E-state index in [1.807, 2.05) is 0 Å². The molecule has 3 heteroatoms. The van der Waals surface area contributed by atoms with Gasteiger partial charge in [0.25, 0.3) is 0 Å². The molecule has 0 fully saturated rings. The standard InChI is InChI=1S/C49H34Se3/c1-4-10-34(11-5-1)43-28-31-46(50-43)37-16-22-40(23-17-37)49(41-24-18-38(19-25-41)47-32-29-44(51-47)35-12-6-2-7-13-35)42-26-20-39(21-27-42)48-33-30-45(52-48)36-14-8-3-9-15-36/h1-33,49H. The molecule has 0 aliphatic heterocycles. The Kier molecular flexibility index (Phi) is 9.65. The van der Waals surface area contributed by atoms with Crippen molar-refractivity contribution in [3.05, 3.63) is 217 Å². The number of hydrogen-bond acceptors (Lipinski definition) is 0. The van der Waals surface area contributed by atoms with Crippen molar-refractivity contribution in [2.24, 2.45) is 0 Å². The topological polar surface area (TPSA) is 0 Å². The molecule has 0 saturated heterocycles. The maximum absolute atomic E-state index is 2.36.